The van der Waals surface area contributed by atoms with Crippen molar-refractivity contribution in [2.45, 2.75) is 38.5 Å². The first-order chi connectivity index (χ1) is 8.35. The Morgan fingerprint density at radius 3 is 2.78 bits per heavy atom. The predicted molar refractivity (Wildman–Crippen MR) is 67.3 cm³/mol. The number of benzene rings is 1. The molecule has 0 fully saturated rings. The van der Waals surface area contributed by atoms with Crippen molar-refractivity contribution in [2.24, 2.45) is 5.73 Å². The maximum atomic E-state index is 10.9. The summed E-state index contributed by atoms with van der Waals surface area (Å²) >= 11 is 0. The second kappa shape index (κ2) is 5.84. The zero-order chi connectivity index (χ0) is 13.8. The van der Waals surface area contributed by atoms with Crippen LogP contribution in [0.4, 0.5) is 0 Å². The molecule has 0 amide bonds. The van der Waals surface area contributed by atoms with Crippen LogP contribution in [0.1, 0.15) is 25.8 Å². The number of carboxylic acids is 1. The molecule has 0 aliphatic carbocycles. The molecule has 0 heterocycles. The lowest BCUT2D eigenvalue weighted by atomic mass is 9.96. The predicted octanol–water partition coefficient (Wildman–Crippen LogP) is 1.14. The molecular formula is C13H19NO4. The maximum absolute atomic E-state index is 10.9. The number of aliphatic carboxylic acids is 1. The third kappa shape index (κ3) is 4.01. The SMILES string of the molecule is CC(CC(C)(N)C(=O)O)Oc1cccc(CO)c1. The minimum atomic E-state index is -1.31. The van der Waals surface area contributed by atoms with E-state index in [-0.39, 0.29) is 19.1 Å². The van der Waals surface area contributed by atoms with Crippen molar-refractivity contribution in [3.05, 3.63) is 29.8 Å². The average molecular weight is 253 g/mol. The van der Waals surface area contributed by atoms with Crippen molar-refractivity contribution in [2.75, 3.05) is 0 Å². The maximum Gasteiger partial charge on any atom is 0.323 e. The highest BCUT2D eigenvalue weighted by Crippen LogP contribution is 2.18. The third-order valence-corrected chi connectivity index (χ3v) is 2.62. The molecule has 0 saturated carbocycles. The summed E-state index contributed by atoms with van der Waals surface area (Å²) in [5.41, 5.74) is 5.08. The highest BCUT2D eigenvalue weighted by molar-refractivity contribution is 5.77. The number of carbonyl (C=O) groups is 1. The van der Waals surface area contributed by atoms with Gasteiger partial charge >= 0.3 is 5.97 Å². The van der Waals surface area contributed by atoms with Crippen LogP contribution in [-0.4, -0.2) is 27.8 Å². The van der Waals surface area contributed by atoms with E-state index in [0.29, 0.717) is 5.75 Å². The number of carboxylic acid groups (broad SMARTS) is 1. The molecule has 0 spiro atoms. The van der Waals surface area contributed by atoms with Gasteiger partial charge in [0.2, 0.25) is 0 Å². The van der Waals surface area contributed by atoms with Crippen molar-refractivity contribution < 1.29 is 19.7 Å². The van der Waals surface area contributed by atoms with Gasteiger partial charge in [-0.1, -0.05) is 12.1 Å². The fourth-order valence-corrected chi connectivity index (χ4v) is 1.68. The molecule has 0 bridgehead atoms. The fraction of sp³-hybridized carbons (Fsp3) is 0.462. The van der Waals surface area contributed by atoms with E-state index in [2.05, 4.69) is 0 Å². The van der Waals surface area contributed by atoms with E-state index < -0.39 is 11.5 Å². The molecule has 1 aromatic rings. The Morgan fingerprint density at radius 1 is 1.56 bits per heavy atom. The van der Waals surface area contributed by atoms with E-state index in [1.165, 1.54) is 6.92 Å². The molecule has 0 aliphatic heterocycles. The first-order valence-corrected chi connectivity index (χ1v) is 5.74. The normalized spacial score (nSPS) is 15.8. The lowest BCUT2D eigenvalue weighted by molar-refractivity contribution is -0.143. The summed E-state index contributed by atoms with van der Waals surface area (Å²) in [6, 6.07) is 7.02. The largest absolute Gasteiger partial charge is 0.491 e. The number of hydrogen-bond acceptors (Lipinski definition) is 4. The molecule has 2 atom stereocenters. The van der Waals surface area contributed by atoms with E-state index >= 15 is 0 Å². The van der Waals surface area contributed by atoms with Gasteiger partial charge in [-0.2, -0.15) is 0 Å². The quantitative estimate of drug-likeness (QED) is 0.707. The lowest BCUT2D eigenvalue weighted by Gasteiger charge is -2.24. The van der Waals surface area contributed by atoms with Crippen LogP contribution in [0.15, 0.2) is 24.3 Å². The molecule has 0 aromatic heterocycles. The highest BCUT2D eigenvalue weighted by Gasteiger charge is 2.30. The smallest absolute Gasteiger partial charge is 0.323 e. The van der Waals surface area contributed by atoms with Crippen LogP contribution >= 0.6 is 0 Å². The molecule has 0 radical (unpaired) electrons. The first-order valence-electron chi connectivity index (χ1n) is 5.74. The van der Waals surface area contributed by atoms with Crippen LogP contribution in [-0.2, 0) is 11.4 Å². The van der Waals surface area contributed by atoms with E-state index in [1.807, 2.05) is 0 Å². The Hall–Kier alpha value is -1.59. The van der Waals surface area contributed by atoms with Crippen LogP contribution in [0.3, 0.4) is 0 Å². The molecule has 5 nitrogen and oxygen atoms in total. The zero-order valence-corrected chi connectivity index (χ0v) is 10.6. The Kier molecular flexibility index (Phi) is 4.69. The second-order valence-corrected chi connectivity index (χ2v) is 4.66. The van der Waals surface area contributed by atoms with Gasteiger partial charge in [-0.15, -0.1) is 0 Å². The lowest BCUT2D eigenvalue weighted by Crippen LogP contribution is -2.47. The standard InChI is InChI=1S/C13H19NO4/c1-9(7-13(2,14)12(16)17)18-11-5-3-4-10(6-11)8-15/h3-6,9,15H,7-8,14H2,1-2H3,(H,16,17). The van der Waals surface area contributed by atoms with Gasteiger partial charge in [0.25, 0.3) is 0 Å². The van der Waals surface area contributed by atoms with Gasteiger partial charge in [0.1, 0.15) is 11.3 Å². The summed E-state index contributed by atoms with van der Waals surface area (Å²) < 4.78 is 5.59. The van der Waals surface area contributed by atoms with Crippen molar-refractivity contribution in [3.8, 4) is 5.75 Å². The van der Waals surface area contributed by atoms with Gasteiger partial charge in [0.15, 0.2) is 0 Å². The van der Waals surface area contributed by atoms with Crippen LogP contribution in [0.25, 0.3) is 0 Å². The topological polar surface area (TPSA) is 92.8 Å². The van der Waals surface area contributed by atoms with Crippen LogP contribution < -0.4 is 10.5 Å². The van der Waals surface area contributed by atoms with Crippen LogP contribution in [0.2, 0.25) is 0 Å². The zero-order valence-electron chi connectivity index (χ0n) is 10.6. The summed E-state index contributed by atoms with van der Waals surface area (Å²) in [6.45, 7) is 3.16. The van der Waals surface area contributed by atoms with E-state index in [0.717, 1.165) is 5.56 Å². The van der Waals surface area contributed by atoms with E-state index in [9.17, 15) is 4.79 Å². The molecule has 4 N–H and O–H groups in total. The molecule has 1 aromatic carbocycles. The molecule has 5 heteroatoms. The molecule has 100 valence electrons. The Labute approximate surface area is 106 Å². The monoisotopic (exact) mass is 253 g/mol. The van der Waals surface area contributed by atoms with Crippen molar-refractivity contribution in [1.29, 1.82) is 0 Å². The van der Waals surface area contributed by atoms with Crippen LogP contribution in [0.5, 0.6) is 5.75 Å². The molecule has 1 rings (SSSR count). The number of ether oxygens (including phenoxy) is 1. The van der Waals surface area contributed by atoms with Crippen molar-refractivity contribution in [3.63, 3.8) is 0 Å². The van der Waals surface area contributed by atoms with E-state index in [1.54, 1.807) is 31.2 Å². The highest BCUT2D eigenvalue weighted by atomic mass is 16.5. The van der Waals surface area contributed by atoms with Gasteiger partial charge in [-0.3, -0.25) is 4.79 Å². The van der Waals surface area contributed by atoms with Crippen molar-refractivity contribution >= 4 is 5.97 Å². The average Bonchev–Trinajstić information content (AvgIpc) is 2.28. The van der Waals surface area contributed by atoms with Gasteiger partial charge in [-0.25, -0.2) is 0 Å². The number of nitrogens with two attached hydrogens (primary N) is 1. The summed E-state index contributed by atoms with van der Waals surface area (Å²) in [7, 11) is 0. The summed E-state index contributed by atoms with van der Waals surface area (Å²) in [5.74, 6) is -0.461. The Balaban J connectivity index is 2.64. The fourth-order valence-electron chi connectivity index (χ4n) is 1.68. The van der Waals surface area contributed by atoms with Crippen molar-refractivity contribution in [1.82, 2.24) is 0 Å². The van der Waals surface area contributed by atoms with E-state index in [4.69, 9.17) is 20.7 Å². The van der Waals surface area contributed by atoms with Gasteiger partial charge < -0.3 is 20.7 Å². The Morgan fingerprint density at radius 2 is 2.22 bits per heavy atom. The molecule has 0 saturated heterocycles. The summed E-state index contributed by atoms with van der Waals surface area (Å²) in [5, 5.41) is 17.9. The second-order valence-electron chi connectivity index (χ2n) is 4.66. The summed E-state index contributed by atoms with van der Waals surface area (Å²) in [6.07, 6.45) is -0.129. The van der Waals surface area contributed by atoms with Gasteiger partial charge in [0.05, 0.1) is 12.7 Å². The molecule has 2 unspecified atom stereocenters. The number of aliphatic hydroxyl groups is 1. The Bertz CT molecular complexity index is 417. The molecular weight excluding hydrogens is 234 g/mol. The number of aliphatic hydroxyl groups excluding tert-OH is 1. The number of hydrogen-bond donors (Lipinski definition) is 3. The minimum absolute atomic E-state index is 0.0602. The summed E-state index contributed by atoms with van der Waals surface area (Å²) in [4.78, 5) is 10.9. The first kappa shape index (κ1) is 14.5. The van der Waals surface area contributed by atoms with Gasteiger partial charge in [0, 0.05) is 6.42 Å². The molecule has 0 aliphatic rings. The third-order valence-electron chi connectivity index (χ3n) is 2.62. The van der Waals surface area contributed by atoms with Crippen LogP contribution in [0, 0.1) is 0 Å². The minimum Gasteiger partial charge on any atom is -0.491 e. The van der Waals surface area contributed by atoms with Gasteiger partial charge in [-0.05, 0) is 31.5 Å². The molecule has 18 heavy (non-hydrogen) atoms. The number of rotatable bonds is 6.